The van der Waals surface area contributed by atoms with Gasteiger partial charge in [0.2, 0.25) is 0 Å². The molecule has 0 bridgehead atoms. The van der Waals surface area contributed by atoms with Gasteiger partial charge in [-0.2, -0.15) is 0 Å². The molecule has 1 atom stereocenters. The summed E-state index contributed by atoms with van der Waals surface area (Å²) in [7, 11) is 0. The van der Waals surface area contributed by atoms with E-state index >= 15 is 0 Å². The summed E-state index contributed by atoms with van der Waals surface area (Å²) in [6, 6.07) is 0. The Morgan fingerprint density at radius 2 is 2.14 bits per heavy atom. The molecule has 0 aromatic carbocycles. The van der Waals surface area contributed by atoms with Crippen molar-refractivity contribution in [1.29, 1.82) is 0 Å². The molecule has 0 saturated heterocycles. The molecule has 0 radical (unpaired) electrons. The van der Waals surface area contributed by atoms with Crippen molar-refractivity contribution in [2.45, 2.75) is 45.5 Å². The Kier molecular flexibility index (Phi) is 7.86. The topological polar surface area (TPSA) is 18.5 Å². The van der Waals surface area contributed by atoms with E-state index in [0.717, 1.165) is 23.9 Å². The molecule has 0 heterocycles. The van der Waals surface area contributed by atoms with Crippen molar-refractivity contribution >= 4 is 22.6 Å². The van der Waals surface area contributed by atoms with Gasteiger partial charge in [-0.3, -0.25) is 0 Å². The maximum Gasteiger partial charge on any atom is 0.167 e. The summed E-state index contributed by atoms with van der Waals surface area (Å²) in [5, 5.41) is 0. The number of halogens is 1. The quantitative estimate of drug-likeness (QED) is 0.224. The highest BCUT2D eigenvalue weighted by Crippen LogP contribution is 2.15. The average molecular weight is 312 g/mol. The third-order valence-electron chi connectivity index (χ3n) is 1.85. The van der Waals surface area contributed by atoms with Crippen LogP contribution in [0.25, 0.3) is 0 Å². The molecule has 0 aromatic rings. The SMILES string of the molecule is C=CC(C)(C)OC(CI)OCCCC. The van der Waals surface area contributed by atoms with Gasteiger partial charge in [-0.05, 0) is 20.3 Å². The summed E-state index contributed by atoms with van der Waals surface area (Å²) in [6.45, 7) is 10.6. The van der Waals surface area contributed by atoms with Crippen molar-refractivity contribution in [2.24, 2.45) is 0 Å². The van der Waals surface area contributed by atoms with Gasteiger partial charge < -0.3 is 9.47 Å². The molecule has 3 heteroatoms. The molecular weight excluding hydrogens is 291 g/mol. The van der Waals surface area contributed by atoms with E-state index in [0.29, 0.717) is 0 Å². The fraction of sp³-hybridized carbons (Fsp3) is 0.818. The van der Waals surface area contributed by atoms with E-state index in [4.69, 9.17) is 9.47 Å². The molecule has 0 rings (SSSR count). The first-order chi connectivity index (χ1) is 6.55. The summed E-state index contributed by atoms with van der Waals surface area (Å²) >= 11 is 2.27. The number of hydrogen-bond acceptors (Lipinski definition) is 2. The summed E-state index contributed by atoms with van der Waals surface area (Å²) in [5.41, 5.74) is -0.304. The average Bonchev–Trinajstić information content (AvgIpc) is 2.16. The summed E-state index contributed by atoms with van der Waals surface area (Å²) in [6.07, 6.45) is 3.93. The van der Waals surface area contributed by atoms with Crippen molar-refractivity contribution in [1.82, 2.24) is 0 Å². The van der Waals surface area contributed by atoms with E-state index in [1.807, 2.05) is 13.8 Å². The second-order valence-electron chi connectivity index (χ2n) is 3.73. The molecule has 2 nitrogen and oxygen atoms in total. The van der Waals surface area contributed by atoms with Crippen LogP contribution in [0.4, 0.5) is 0 Å². The summed E-state index contributed by atoms with van der Waals surface area (Å²) < 4.78 is 12.2. The smallest absolute Gasteiger partial charge is 0.167 e. The number of rotatable bonds is 8. The lowest BCUT2D eigenvalue weighted by Gasteiger charge is -2.27. The van der Waals surface area contributed by atoms with Crippen LogP contribution >= 0.6 is 22.6 Å². The van der Waals surface area contributed by atoms with Crippen LogP contribution in [0.5, 0.6) is 0 Å². The maximum atomic E-state index is 5.74. The molecular formula is C11H21IO2. The Labute approximate surface area is 101 Å². The van der Waals surface area contributed by atoms with Crippen LogP contribution in [0.1, 0.15) is 33.6 Å². The second kappa shape index (κ2) is 7.65. The van der Waals surface area contributed by atoms with Gasteiger partial charge in [0.1, 0.15) is 0 Å². The first kappa shape index (κ1) is 14.4. The first-order valence-electron chi connectivity index (χ1n) is 5.04. The van der Waals surface area contributed by atoms with E-state index in [9.17, 15) is 0 Å². The normalized spacial score (nSPS) is 14.0. The Morgan fingerprint density at radius 1 is 1.50 bits per heavy atom. The van der Waals surface area contributed by atoms with Gasteiger partial charge in [0.15, 0.2) is 6.29 Å². The van der Waals surface area contributed by atoms with Gasteiger partial charge >= 0.3 is 0 Å². The molecule has 14 heavy (non-hydrogen) atoms. The van der Waals surface area contributed by atoms with E-state index in [1.54, 1.807) is 6.08 Å². The highest BCUT2D eigenvalue weighted by Gasteiger charge is 2.19. The van der Waals surface area contributed by atoms with Crippen molar-refractivity contribution in [2.75, 3.05) is 11.0 Å². The zero-order chi connectivity index (χ0) is 11.0. The van der Waals surface area contributed by atoms with Gasteiger partial charge in [-0.15, -0.1) is 6.58 Å². The Morgan fingerprint density at radius 3 is 2.57 bits per heavy atom. The largest absolute Gasteiger partial charge is 0.352 e. The van der Waals surface area contributed by atoms with Gasteiger partial charge in [0.25, 0.3) is 0 Å². The molecule has 1 unspecified atom stereocenters. The Hall–Kier alpha value is 0.390. The third-order valence-corrected chi connectivity index (χ3v) is 2.57. The molecule has 0 aromatic heterocycles. The molecule has 0 aliphatic carbocycles. The van der Waals surface area contributed by atoms with E-state index < -0.39 is 0 Å². The zero-order valence-electron chi connectivity index (χ0n) is 9.38. The van der Waals surface area contributed by atoms with E-state index in [1.165, 1.54) is 0 Å². The zero-order valence-corrected chi connectivity index (χ0v) is 11.5. The highest BCUT2D eigenvalue weighted by atomic mass is 127. The van der Waals surface area contributed by atoms with Crippen LogP contribution in [0, 0.1) is 0 Å². The molecule has 0 fully saturated rings. The van der Waals surface area contributed by atoms with Crippen molar-refractivity contribution in [3.8, 4) is 0 Å². The van der Waals surface area contributed by atoms with Crippen LogP contribution in [0.15, 0.2) is 12.7 Å². The lowest BCUT2D eigenvalue weighted by Crippen LogP contribution is -2.31. The van der Waals surface area contributed by atoms with Crippen LogP contribution in [0.2, 0.25) is 0 Å². The molecule has 0 amide bonds. The molecule has 0 N–H and O–H groups in total. The fourth-order valence-corrected chi connectivity index (χ4v) is 1.29. The lowest BCUT2D eigenvalue weighted by atomic mass is 10.1. The number of alkyl halides is 1. The monoisotopic (exact) mass is 312 g/mol. The van der Waals surface area contributed by atoms with Crippen LogP contribution in [-0.2, 0) is 9.47 Å². The minimum absolute atomic E-state index is 0.116. The number of unbranched alkanes of at least 4 members (excludes halogenated alkanes) is 1. The fourth-order valence-electron chi connectivity index (χ4n) is 0.856. The first-order valence-corrected chi connectivity index (χ1v) is 6.57. The summed E-state index contributed by atoms with van der Waals surface area (Å²) in [5.74, 6) is 0. The van der Waals surface area contributed by atoms with E-state index in [2.05, 4.69) is 36.1 Å². The van der Waals surface area contributed by atoms with Crippen molar-refractivity contribution in [3.05, 3.63) is 12.7 Å². The number of hydrogen-bond donors (Lipinski definition) is 0. The minimum atomic E-state index is -0.304. The van der Waals surface area contributed by atoms with Crippen LogP contribution in [-0.4, -0.2) is 22.9 Å². The molecule has 0 aliphatic heterocycles. The highest BCUT2D eigenvalue weighted by molar-refractivity contribution is 14.1. The van der Waals surface area contributed by atoms with Gasteiger partial charge in [-0.1, -0.05) is 42.0 Å². The van der Waals surface area contributed by atoms with Gasteiger partial charge in [-0.25, -0.2) is 0 Å². The predicted octanol–water partition coefficient (Wildman–Crippen LogP) is 3.55. The molecule has 0 saturated carbocycles. The standard InChI is InChI=1S/C11H21IO2/c1-5-7-8-13-10(9-12)14-11(3,4)6-2/h6,10H,2,5,7-9H2,1,3-4H3. The number of ether oxygens (including phenoxy) is 2. The Bertz CT molecular complexity index is 157. The molecule has 0 aliphatic rings. The summed E-state index contributed by atoms with van der Waals surface area (Å²) in [4.78, 5) is 0. The third kappa shape index (κ3) is 6.79. The second-order valence-corrected chi connectivity index (χ2v) is 4.61. The van der Waals surface area contributed by atoms with Crippen molar-refractivity contribution < 1.29 is 9.47 Å². The predicted molar refractivity (Wildman–Crippen MR) is 68.9 cm³/mol. The Balaban J connectivity index is 3.84. The molecule has 0 spiro atoms. The minimum Gasteiger partial charge on any atom is -0.352 e. The van der Waals surface area contributed by atoms with Crippen LogP contribution in [0.3, 0.4) is 0 Å². The molecule has 84 valence electrons. The van der Waals surface area contributed by atoms with Gasteiger partial charge in [0, 0.05) is 6.61 Å². The van der Waals surface area contributed by atoms with E-state index in [-0.39, 0.29) is 11.9 Å². The van der Waals surface area contributed by atoms with Crippen LogP contribution < -0.4 is 0 Å². The van der Waals surface area contributed by atoms with Crippen molar-refractivity contribution in [3.63, 3.8) is 0 Å². The van der Waals surface area contributed by atoms with Gasteiger partial charge in [0.05, 0.1) is 10.0 Å². The lowest BCUT2D eigenvalue weighted by molar-refractivity contribution is -0.171. The maximum absolute atomic E-state index is 5.74.